The maximum absolute atomic E-state index is 12.1. The third-order valence-corrected chi connectivity index (χ3v) is 3.53. The largest absolute Gasteiger partial charge is 0.482 e. The van der Waals surface area contributed by atoms with Crippen LogP contribution in [0.1, 0.15) is 10.4 Å². The highest BCUT2D eigenvalue weighted by atomic mass is 127. The summed E-state index contributed by atoms with van der Waals surface area (Å²) in [6, 6.07) is 13.8. The summed E-state index contributed by atoms with van der Waals surface area (Å²) in [6.07, 6.45) is 0. The zero-order valence-electron chi connectivity index (χ0n) is 10.9. The van der Waals surface area contributed by atoms with Crippen LogP contribution in [-0.4, -0.2) is 23.6 Å². The van der Waals surface area contributed by atoms with Crippen molar-refractivity contribution in [3.63, 3.8) is 0 Å². The Morgan fingerprint density at radius 2 is 1.76 bits per heavy atom. The minimum atomic E-state index is -1.04. The number of benzene rings is 2. The first-order valence-electron chi connectivity index (χ1n) is 6.07. The molecule has 0 bridgehead atoms. The standard InChI is InChI=1S/C15H12INO4/c16-13-4-2-1-3-12(13)15(20)17-10-5-7-11(8-6-10)21-9-14(18)19/h1-8H,9H2,(H,17,20)(H,18,19). The molecule has 108 valence electrons. The zero-order chi connectivity index (χ0) is 15.2. The smallest absolute Gasteiger partial charge is 0.341 e. The summed E-state index contributed by atoms with van der Waals surface area (Å²) >= 11 is 2.10. The van der Waals surface area contributed by atoms with Gasteiger partial charge in [-0.2, -0.15) is 0 Å². The van der Waals surface area contributed by atoms with Crippen molar-refractivity contribution < 1.29 is 19.4 Å². The number of ether oxygens (including phenoxy) is 1. The molecule has 0 spiro atoms. The molecule has 2 N–H and O–H groups in total. The molecule has 6 heteroatoms. The van der Waals surface area contributed by atoms with E-state index in [1.807, 2.05) is 12.1 Å². The topological polar surface area (TPSA) is 75.6 Å². The van der Waals surface area contributed by atoms with Crippen LogP contribution in [-0.2, 0) is 4.79 Å². The Labute approximate surface area is 135 Å². The van der Waals surface area contributed by atoms with Crippen molar-refractivity contribution in [2.24, 2.45) is 0 Å². The number of carboxylic acid groups (broad SMARTS) is 1. The summed E-state index contributed by atoms with van der Waals surface area (Å²) in [4.78, 5) is 22.5. The van der Waals surface area contributed by atoms with Crippen LogP contribution in [0, 0.1) is 3.57 Å². The number of amides is 1. The number of carbonyl (C=O) groups is 2. The van der Waals surface area contributed by atoms with Crippen LogP contribution >= 0.6 is 22.6 Å². The molecule has 0 heterocycles. The van der Waals surface area contributed by atoms with Crippen molar-refractivity contribution in [3.05, 3.63) is 57.7 Å². The van der Waals surface area contributed by atoms with Gasteiger partial charge >= 0.3 is 5.97 Å². The Kier molecular flexibility index (Phi) is 5.15. The number of aliphatic carboxylic acids is 1. The number of carbonyl (C=O) groups excluding carboxylic acids is 1. The summed E-state index contributed by atoms with van der Waals surface area (Å²) in [5.74, 6) is -0.796. The Hall–Kier alpha value is -2.09. The van der Waals surface area contributed by atoms with Gasteiger partial charge in [0.15, 0.2) is 6.61 Å². The third kappa shape index (κ3) is 4.45. The zero-order valence-corrected chi connectivity index (χ0v) is 13.0. The molecule has 0 aliphatic rings. The molecule has 2 aromatic carbocycles. The van der Waals surface area contributed by atoms with E-state index < -0.39 is 12.6 Å². The van der Waals surface area contributed by atoms with Crippen LogP contribution in [0.15, 0.2) is 48.5 Å². The molecule has 5 nitrogen and oxygen atoms in total. The fourth-order valence-corrected chi connectivity index (χ4v) is 2.26. The van der Waals surface area contributed by atoms with Crippen molar-refractivity contribution in [2.75, 3.05) is 11.9 Å². The number of hydrogen-bond donors (Lipinski definition) is 2. The molecule has 2 rings (SSSR count). The quantitative estimate of drug-likeness (QED) is 0.761. The lowest BCUT2D eigenvalue weighted by Gasteiger charge is -2.08. The maximum atomic E-state index is 12.1. The molecule has 0 aromatic heterocycles. The van der Waals surface area contributed by atoms with Gasteiger partial charge in [-0.3, -0.25) is 4.79 Å². The van der Waals surface area contributed by atoms with Crippen molar-refractivity contribution in [1.29, 1.82) is 0 Å². The number of anilines is 1. The van der Waals surface area contributed by atoms with E-state index in [0.717, 1.165) is 3.57 Å². The lowest BCUT2D eigenvalue weighted by molar-refractivity contribution is -0.139. The van der Waals surface area contributed by atoms with Gasteiger partial charge in [0.1, 0.15) is 5.75 Å². The molecule has 0 saturated heterocycles. The van der Waals surface area contributed by atoms with Crippen molar-refractivity contribution in [3.8, 4) is 5.75 Å². The highest BCUT2D eigenvalue weighted by Gasteiger charge is 2.09. The van der Waals surface area contributed by atoms with E-state index in [-0.39, 0.29) is 5.91 Å². The van der Waals surface area contributed by atoms with Crippen LogP contribution < -0.4 is 10.1 Å². The van der Waals surface area contributed by atoms with Gasteiger partial charge in [-0.05, 0) is 59.0 Å². The first-order valence-corrected chi connectivity index (χ1v) is 7.14. The third-order valence-electron chi connectivity index (χ3n) is 2.59. The van der Waals surface area contributed by atoms with Crippen molar-refractivity contribution >= 4 is 40.2 Å². The van der Waals surface area contributed by atoms with Gasteiger partial charge in [0.2, 0.25) is 0 Å². The Morgan fingerprint density at radius 1 is 1.10 bits per heavy atom. The number of halogens is 1. The highest BCUT2D eigenvalue weighted by Crippen LogP contribution is 2.18. The van der Waals surface area contributed by atoms with Gasteiger partial charge in [0.25, 0.3) is 5.91 Å². The minimum Gasteiger partial charge on any atom is -0.482 e. The Morgan fingerprint density at radius 3 is 2.38 bits per heavy atom. The van der Waals surface area contributed by atoms with Crippen molar-refractivity contribution in [1.82, 2.24) is 0 Å². The second-order valence-corrected chi connectivity index (χ2v) is 5.30. The molecular formula is C15H12INO4. The molecular weight excluding hydrogens is 385 g/mol. The molecule has 0 saturated carbocycles. The maximum Gasteiger partial charge on any atom is 0.341 e. The second kappa shape index (κ2) is 7.07. The monoisotopic (exact) mass is 397 g/mol. The molecule has 0 aliphatic heterocycles. The fraction of sp³-hybridized carbons (Fsp3) is 0.0667. The normalized spacial score (nSPS) is 9.95. The van der Waals surface area contributed by atoms with Crippen LogP contribution in [0.2, 0.25) is 0 Å². The Balaban J connectivity index is 2.02. The highest BCUT2D eigenvalue weighted by molar-refractivity contribution is 14.1. The van der Waals surface area contributed by atoms with E-state index in [1.54, 1.807) is 36.4 Å². The number of nitrogens with one attached hydrogen (secondary N) is 1. The number of rotatable bonds is 5. The second-order valence-electron chi connectivity index (χ2n) is 4.14. The molecule has 0 atom stereocenters. The van der Waals surface area contributed by atoms with Crippen LogP contribution in [0.4, 0.5) is 5.69 Å². The average molecular weight is 397 g/mol. The van der Waals surface area contributed by atoms with Gasteiger partial charge < -0.3 is 15.2 Å². The first-order chi connectivity index (χ1) is 10.1. The van der Waals surface area contributed by atoms with Gasteiger partial charge in [-0.1, -0.05) is 12.1 Å². The fourth-order valence-electron chi connectivity index (χ4n) is 1.62. The van der Waals surface area contributed by atoms with E-state index in [0.29, 0.717) is 17.0 Å². The van der Waals surface area contributed by atoms with E-state index in [1.165, 1.54) is 0 Å². The van der Waals surface area contributed by atoms with Crippen LogP contribution in [0.25, 0.3) is 0 Å². The van der Waals surface area contributed by atoms with Gasteiger partial charge in [0.05, 0.1) is 5.56 Å². The molecule has 0 fully saturated rings. The average Bonchev–Trinajstić information content (AvgIpc) is 2.47. The van der Waals surface area contributed by atoms with E-state index >= 15 is 0 Å². The molecule has 0 aliphatic carbocycles. The van der Waals surface area contributed by atoms with Crippen molar-refractivity contribution in [2.45, 2.75) is 0 Å². The summed E-state index contributed by atoms with van der Waals surface area (Å²) in [5, 5.41) is 11.3. The number of carboxylic acids is 1. The SMILES string of the molecule is O=C(O)COc1ccc(NC(=O)c2ccccc2I)cc1. The number of hydrogen-bond acceptors (Lipinski definition) is 3. The predicted molar refractivity (Wildman–Crippen MR) is 86.7 cm³/mol. The van der Waals surface area contributed by atoms with E-state index in [9.17, 15) is 9.59 Å². The first kappa shape index (κ1) is 15.3. The molecule has 21 heavy (non-hydrogen) atoms. The summed E-state index contributed by atoms with van der Waals surface area (Å²) in [7, 11) is 0. The summed E-state index contributed by atoms with van der Waals surface area (Å²) in [6.45, 7) is -0.395. The van der Waals surface area contributed by atoms with Crippen LogP contribution in [0.3, 0.4) is 0 Å². The lowest BCUT2D eigenvalue weighted by atomic mass is 10.2. The molecule has 2 aromatic rings. The summed E-state index contributed by atoms with van der Waals surface area (Å²) < 4.78 is 5.89. The van der Waals surface area contributed by atoms with Gasteiger partial charge in [0, 0.05) is 9.26 Å². The lowest BCUT2D eigenvalue weighted by Crippen LogP contribution is -2.13. The van der Waals surface area contributed by atoms with E-state index in [2.05, 4.69) is 27.9 Å². The minimum absolute atomic E-state index is 0.195. The molecule has 0 unspecified atom stereocenters. The Bertz CT molecular complexity index is 655. The predicted octanol–water partition coefficient (Wildman–Crippen LogP) is 3.01. The van der Waals surface area contributed by atoms with Gasteiger partial charge in [-0.15, -0.1) is 0 Å². The van der Waals surface area contributed by atoms with Gasteiger partial charge in [-0.25, -0.2) is 4.79 Å². The summed E-state index contributed by atoms with van der Waals surface area (Å²) in [5.41, 5.74) is 1.21. The molecule has 1 amide bonds. The van der Waals surface area contributed by atoms with E-state index in [4.69, 9.17) is 9.84 Å². The van der Waals surface area contributed by atoms with Crippen LogP contribution in [0.5, 0.6) is 5.75 Å². The molecule has 0 radical (unpaired) electrons.